The molecule has 25 atom stereocenters. The number of esters is 1. The zero-order chi connectivity index (χ0) is 52.4. The molecule has 0 saturated carbocycles. The average molecular weight is 999 g/mol. The van der Waals surface area contributed by atoms with Crippen molar-refractivity contribution in [2.75, 3.05) is 0 Å². The molecule has 406 valence electrons. The molecule has 3 fully saturated rings. The Morgan fingerprint density at radius 2 is 1.46 bits per heavy atom. The van der Waals surface area contributed by atoms with E-state index in [1.54, 1.807) is 34.6 Å². The SMILES string of the molecule is CCCC1(O)C(O)C(C)C/C=C\C=C\C(CC(C)O)CCC2OC3(CCC(C)C(C(C)C(O)CC)O3)C(C)C(OC(=O)/C=C/C(C)C(O)C(C)C(O)C(OC3CCC(O)C(C)O3)C(O)C(O)C1O)C2C. The highest BCUT2D eigenvalue weighted by Crippen LogP contribution is 2.50. The lowest BCUT2D eigenvalue weighted by Gasteiger charge is -2.56. The van der Waals surface area contributed by atoms with Crippen molar-refractivity contribution >= 4 is 5.97 Å². The van der Waals surface area contributed by atoms with Gasteiger partial charge >= 0.3 is 5.97 Å². The second-order valence-corrected chi connectivity index (χ2v) is 22.1. The third kappa shape index (κ3) is 14.9. The Morgan fingerprint density at radius 3 is 2.09 bits per heavy atom. The monoisotopic (exact) mass is 999 g/mol. The highest BCUT2D eigenvalue weighted by atomic mass is 16.7. The number of hydrogen-bond acceptors (Lipinski definition) is 16. The number of rotatable bonds is 9. The molecule has 1 spiro atoms. The molecule has 16 nitrogen and oxygen atoms in total. The first-order valence-electron chi connectivity index (χ1n) is 26.6. The summed E-state index contributed by atoms with van der Waals surface area (Å²) >= 11 is 0. The molecular weight excluding hydrogens is 905 g/mol. The molecule has 0 aromatic rings. The van der Waals surface area contributed by atoms with Crippen LogP contribution in [0.3, 0.4) is 0 Å². The number of carbonyl (C=O) groups excluding carboxylic acids is 1. The third-order valence-electron chi connectivity index (χ3n) is 16.5. The first-order chi connectivity index (χ1) is 32.8. The molecule has 0 amide bonds. The van der Waals surface area contributed by atoms with Crippen LogP contribution in [-0.2, 0) is 28.5 Å². The highest BCUT2D eigenvalue weighted by molar-refractivity contribution is 5.82. The molecule has 25 unspecified atom stereocenters. The minimum absolute atomic E-state index is 0.0833. The van der Waals surface area contributed by atoms with E-state index in [0.29, 0.717) is 32.1 Å². The molecule has 0 aromatic carbocycles. The molecule has 4 rings (SSSR count). The van der Waals surface area contributed by atoms with Gasteiger partial charge in [0.2, 0.25) is 0 Å². The Hall–Kier alpha value is -1.87. The molecule has 4 aliphatic rings. The minimum atomic E-state index is -2.33. The zero-order valence-electron chi connectivity index (χ0n) is 43.9. The van der Waals surface area contributed by atoms with Gasteiger partial charge in [-0.05, 0) is 83.0 Å². The van der Waals surface area contributed by atoms with Gasteiger partial charge in [-0.3, -0.25) is 0 Å². The van der Waals surface area contributed by atoms with Crippen molar-refractivity contribution in [1.29, 1.82) is 0 Å². The van der Waals surface area contributed by atoms with Crippen LogP contribution < -0.4 is 0 Å². The van der Waals surface area contributed by atoms with Crippen LogP contribution in [0.4, 0.5) is 0 Å². The second kappa shape index (κ2) is 27.1. The third-order valence-corrected chi connectivity index (χ3v) is 16.5. The van der Waals surface area contributed by atoms with Crippen molar-refractivity contribution in [2.24, 2.45) is 47.3 Å². The maximum atomic E-state index is 13.9. The molecule has 0 aromatic heterocycles. The summed E-state index contributed by atoms with van der Waals surface area (Å²) in [5.74, 6) is -5.18. The fraction of sp³-hybridized carbons (Fsp3) is 0.870. The molecule has 10 N–H and O–H groups in total. The second-order valence-electron chi connectivity index (χ2n) is 22.1. The Morgan fingerprint density at radius 1 is 0.771 bits per heavy atom. The van der Waals surface area contributed by atoms with E-state index < -0.39 is 127 Å². The normalized spacial score (nSPS) is 47.4. The van der Waals surface area contributed by atoms with Gasteiger partial charge in [-0.15, -0.1) is 0 Å². The summed E-state index contributed by atoms with van der Waals surface area (Å²) in [6, 6.07) is 0. The van der Waals surface area contributed by atoms with Crippen molar-refractivity contribution in [1.82, 2.24) is 0 Å². The molecule has 0 aliphatic carbocycles. The number of aliphatic hydroxyl groups excluding tert-OH is 9. The Bertz CT molecular complexity index is 1660. The zero-order valence-corrected chi connectivity index (χ0v) is 43.9. The van der Waals surface area contributed by atoms with Crippen molar-refractivity contribution in [3.8, 4) is 0 Å². The van der Waals surface area contributed by atoms with Crippen molar-refractivity contribution < 1.29 is 79.5 Å². The van der Waals surface area contributed by atoms with E-state index in [1.807, 2.05) is 52.0 Å². The standard InChI is InChI=1S/C54H94O16/c1-12-26-53(65)51(63)31(5)17-15-14-16-18-38(28-32(6)55)20-22-41-34(8)49(36(10)54(69-41)27-25-30(4)48(70-54)33(7)39(56)13-2)67-42(58)23-19-29(3)44(59)35(9)45(60)50(46(61)47(62)52(53)64)68-43-24-21-40(57)37(11)66-43/h14-16,18-19,23,29-41,43-52,55-57,59-65H,12-13,17,20-22,24-28H2,1-11H3/b15-14-,18-16+,23-19+. The average Bonchev–Trinajstić information content (AvgIpc) is 3.33. The number of aliphatic hydroxyl groups is 10. The van der Waals surface area contributed by atoms with E-state index in [0.717, 1.165) is 6.42 Å². The quantitative estimate of drug-likeness (QED) is 0.142. The minimum Gasteiger partial charge on any atom is -0.458 e. The topological polar surface area (TPSA) is 266 Å². The van der Waals surface area contributed by atoms with Crippen LogP contribution in [0.15, 0.2) is 36.5 Å². The lowest BCUT2D eigenvalue weighted by molar-refractivity contribution is -0.376. The fourth-order valence-electron chi connectivity index (χ4n) is 11.5. The largest absolute Gasteiger partial charge is 0.458 e. The number of carbonyl (C=O) groups is 1. The van der Waals surface area contributed by atoms with Crippen LogP contribution >= 0.6 is 0 Å². The summed E-state index contributed by atoms with van der Waals surface area (Å²) in [4.78, 5) is 13.9. The number of fused-ring (bicyclic) bond motifs is 2. The van der Waals surface area contributed by atoms with E-state index in [4.69, 9.17) is 23.7 Å². The van der Waals surface area contributed by atoms with E-state index >= 15 is 0 Å². The van der Waals surface area contributed by atoms with Gasteiger partial charge in [-0.25, -0.2) is 4.79 Å². The maximum Gasteiger partial charge on any atom is 0.330 e. The van der Waals surface area contributed by atoms with Crippen molar-refractivity contribution in [2.45, 2.75) is 250 Å². The lowest BCUT2D eigenvalue weighted by Crippen LogP contribution is -2.63. The Labute approximate surface area is 418 Å². The van der Waals surface area contributed by atoms with Gasteiger partial charge < -0.3 is 74.7 Å². The van der Waals surface area contributed by atoms with Gasteiger partial charge in [0.05, 0.1) is 54.9 Å². The van der Waals surface area contributed by atoms with Gasteiger partial charge in [-0.2, -0.15) is 0 Å². The summed E-state index contributed by atoms with van der Waals surface area (Å²) < 4.78 is 32.4. The molecule has 4 aliphatic heterocycles. The van der Waals surface area contributed by atoms with Gasteiger partial charge in [0, 0.05) is 48.5 Å². The summed E-state index contributed by atoms with van der Waals surface area (Å²) in [6.45, 7) is 20.0. The lowest BCUT2D eigenvalue weighted by atomic mass is 9.73. The molecule has 0 radical (unpaired) electrons. The van der Waals surface area contributed by atoms with Crippen molar-refractivity contribution in [3.63, 3.8) is 0 Å². The molecule has 3 saturated heterocycles. The summed E-state index contributed by atoms with van der Waals surface area (Å²) in [5.41, 5.74) is -2.33. The molecule has 70 heavy (non-hydrogen) atoms. The van der Waals surface area contributed by atoms with Gasteiger partial charge in [0.1, 0.15) is 36.1 Å². The fourth-order valence-corrected chi connectivity index (χ4v) is 11.5. The number of allylic oxidation sites excluding steroid dienone is 4. The Kier molecular flexibility index (Phi) is 23.5. The van der Waals surface area contributed by atoms with E-state index in [2.05, 4.69) is 6.92 Å². The maximum absolute atomic E-state index is 13.9. The molecule has 16 heteroatoms. The van der Waals surface area contributed by atoms with Crippen LogP contribution in [0.1, 0.15) is 147 Å². The van der Waals surface area contributed by atoms with Crippen LogP contribution in [-0.4, -0.2) is 160 Å². The predicted molar refractivity (Wildman–Crippen MR) is 263 cm³/mol. The predicted octanol–water partition coefficient (Wildman–Crippen LogP) is 4.60. The van der Waals surface area contributed by atoms with Crippen molar-refractivity contribution in [3.05, 3.63) is 36.5 Å². The Balaban J connectivity index is 1.77. The van der Waals surface area contributed by atoms with E-state index in [1.165, 1.54) is 19.1 Å². The van der Waals surface area contributed by atoms with Gasteiger partial charge in [0.25, 0.3) is 0 Å². The number of hydrogen-bond donors (Lipinski definition) is 10. The van der Waals surface area contributed by atoms with Crippen LogP contribution in [0.2, 0.25) is 0 Å². The van der Waals surface area contributed by atoms with Gasteiger partial charge in [-0.1, -0.05) is 99.1 Å². The highest BCUT2D eigenvalue weighted by Gasteiger charge is 2.57. The first kappa shape index (κ1) is 60.7. The van der Waals surface area contributed by atoms with Crippen LogP contribution in [0.25, 0.3) is 0 Å². The first-order valence-corrected chi connectivity index (χ1v) is 26.6. The van der Waals surface area contributed by atoms with E-state index in [-0.39, 0.29) is 61.9 Å². The molecular formula is C54H94O16. The summed E-state index contributed by atoms with van der Waals surface area (Å²) in [5, 5.41) is 115. The summed E-state index contributed by atoms with van der Waals surface area (Å²) in [7, 11) is 0. The number of ether oxygens (including phenoxy) is 5. The smallest absolute Gasteiger partial charge is 0.330 e. The van der Waals surface area contributed by atoms with E-state index in [9.17, 15) is 55.9 Å². The van der Waals surface area contributed by atoms with Gasteiger partial charge in [0.15, 0.2) is 12.1 Å². The van der Waals surface area contributed by atoms with Crippen LogP contribution in [0, 0.1) is 47.3 Å². The molecule has 2 bridgehead atoms. The molecule has 4 heterocycles. The van der Waals surface area contributed by atoms with Crippen LogP contribution in [0.5, 0.6) is 0 Å². The summed E-state index contributed by atoms with van der Waals surface area (Å²) in [6.07, 6.45) is -3.50.